The monoisotopic (exact) mass is 250 g/mol. The Bertz CT molecular complexity index is 374. The molecular formula is C14H22N2O2. The van der Waals surface area contributed by atoms with Crippen LogP contribution in [-0.4, -0.2) is 25.1 Å². The minimum atomic E-state index is -0.178. The van der Waals surface area contributed by atoms with Gasteiger partial charge >= 0.3 is 0 Å². The smallest absolute Gasteiger partial charge is 0.237 e. The molecule has 0 radical (unpaired) electrons. The van der Waals surface area contributed by atoms with E-state index in [0.717, 1.165) is 11.3 Å². The molecule has 2 N–H and O–H groups in total. The van der Waals surface area contributed by atoms with Crippen molar-refractivity contribution in [1.82, 2.24) is 10.6 Å². The molecule has 0 aliphatic carbocycles. The Labute approximate surface area is 109 Å². The number of benzene rings is 1. The molecule has 0 saturated heterocycles. The number of carbonyl (C=O) groups is 1. The van der Waals surface area contributed by atoms with E-state index in [4.69, 9.17) is 4.74 Å². The Morgan fingerprint density at radius 2 is 1.83 bits per heavy atom. The molecule has 0 aliphatic rings. The molecule has 0 fully saturated rings. The third-order valence-electron chi connectivity index (χ3n) is 2.60. The molecule has 1 unspecified atom stereocenters. The van der Waals surface area contributed by atoms with E-state index < -0.39 is 0 Å². The summed E-state index contributed by atoms with van der Waals surface area (Å²) < 4.78 is 5.08. The molecular weight excluding hydrogens is 228 g/mol. The van der Waals surface area contributed by atoms with Gasteiger partial charge < -0.3 is 15.4 Å². The second kappa shape index (κ2) is 7.01. The van der Waals surface area contributed by atoms with Crippen molar-refractivity contribution >= 4 is 5.91 Å². The molecule has 4 nitrogen and oxygen atoms in total. The molecule has 0 aromatic heterocycles. The van der Waals surface area contributed by atoms with Crippen molar-refractivity contribution in [2.24, 2.45) is 0 Å². The number of methoxy groups -OCH3 is 1. The van der Waals surface area contributed by atoms with Crippen molar-refractivity contribution in [2.75, 3.05) is 7.11 Å². The molecule has 18 heavy (non-hydrogen) atoms. The van der Waals surface area contributed by atoms with E-state index in [1.807, 2.05) is 45.0 Å². The molecule has 0 heterocycles. The number of hydrogen-bond acceptors (Lipinski definition) is 3. The number of hydrogen-bond donors (Lipinski definition) is 2. The van der Waals surface area contributed by atoms with E-state index >= 15 is 0 Å². The van der Waals surface area contributed by atoms with Crippen molar-refractivity contribution in [2.45, 2.75) is 39.4 Å². The highest BCUT2D eigenvalue weighted by molar-refractivity contribution is 5.81. The van der Waals surface area contributed by atoms with Crippen molar-refractivity contribution in [3.8, 4) is 5.75 Å². The molecule has 4 heteroatoms. The highest BCUT2D eigenvalue weighted by atomic mass is 16.5. The maximum absolute atomic E-state index is 11.8. The fourth-order valence-electron chi connectivity index (χ4n) is 1.66. The third kappa shape index (κ3) is 4.75. The number of carbonyl (C=O) groups excluding carboxylic acids is 1. The largest absolute Gasteiger partial charge is 0.497 e. The Morgan fingerprint density at radius 3 is 2.33 bits per heavy atom. The standard InChI is InChI=1S/C14H22N2O2/c1-10(2)16-11(3)14(17)15-9-12-5-7-13(18-4)8-6-12/h5-8,10-11,16H,9H2,1-4H3,(H,15,17). The van der Waals surface area contributed by atoms with Crippen LogP contribution in [0.3, 0.4) is 0 Å². The van der Waals surface area contributed by atoms with E-state index in [1.165, 1.54) is 0 Å². The lowest BCUT2D eigenvalue weighted by Crippen LogP contribution is -2.44. The zero-order valence-electron chi connectivity index (χ0n) is 11.5. The van der Waals surface area contributed by atoms with Gasteiger partial charge in [-0.2, -0.15) is 0 Å². The lowest BCUT2D eigenvalue weighted by molar-refractivity contribution is -0.123. The van der Waals surface area contributed by atoms with Gasteiger partial charge in [-0.15, -0.1) is 0 Å². The molecule has 0 spiro atoms. The average molecular weight is 250 g/mol. The van der Waals surface area contributed by atoms with E-state index in [9.17, 15) is 4.79 Å². The lowest BCUT2D eigenvalue weighted by Gasteiger charge is -2.16. The van der Waals surface area contributed by atoms with Gasteiger partial charge in [0.05, 0.1) is 13.2 Å². The van der Waals surface area contributed by atoms with E-state index in [1.54, 1.807) is 7.11 Å². The Balaban J connectivity index is 2.41. The van der Waals surface area contributed by atoms with Gasteiger partial charge in [0.25, 0.3) is 0 Å². The fraction of sp³-hybridized carbons (Fsp3) is 0.500. The summed E-state index contributed by atoms with van der Waals surface area (Å²) in [6.45, 7) is 6.44. The fourth-order valence-corrected chi connectivity index (χ4v) is 1.66. The number of nitrogens with one attached hydrogen (secondary N) is 2. The zero-order chi connectivity index (χ0) is 13.5. The predicted octanol–water partition coefficient (Wildman–Crippen LogP) is 1.70. The molecule has 1 atom stereocenters. The Morgan fingerprint density at radius 1 is 1.22 bits per heavy atom. The number of amides is 1. The summed E-state index contributed by atoms with van der Waals surface area (Å²) in [6.07, 6.45) is 0. The van der Waals surface area contributed by atoms with Crippen LogP contribution in [0.2, 0.25) is 0 Å². The first-order valence-corrected chi connectivity index (χ1v) is 6.19. The molecule has 1 rings (SSSR count). The number of ether oxygens (including phenoxy) is 1. The van der Waals surface area contributed by atoms with Crippen LogP contribution in [-0.2, 0) is 11.3 Å². The van der Waals surface area contributed by atoms with Crippen LogP contribution in [0.4, 0.5) is 0 Å². The van der Waals surface area contributed by atoms with Gasteiger partial charge in [0, 0.05) is 12.6 Å². The van der Waals surface area contributed by atoms with Crippen molar-refractivity contribution in [3.05, 3.63) is 29.8 Å². The quantitative estimate of drug-likeness (QED) is 0.808. The highest BCUT2D eigenvalue weighted by Crippen LogP contribution is 2.10. The van der Waals surface area contributed by atoms with Crippen molar-refractivity contribution in [1.29, 1.82) is 0 Å². The summed E-state index contributed by atoms with van der Waals surface area (Å²) in [5, 5.41) is 6.06. The van der Waals surface area contributed by atoms with Gasteiger partial charge in [0.2, 0.25) is 5.91 Å². The normalized spacial score (nSPS) is 12.3. The molecule has 1 amide bonds. The summed E-state index contributed by atoms with van der Waals surface area (Å²) in [5.41, 5.74) is 1.06. The Kier molecular flexibility index (Phi) is 5.65. The average Bonchev–Trinajstić information content (AvgIpc) is 2.35. The van der Waals surface area contributed by atoms with Gasteiger partial charge in [-0.3, -0.25) is 4.79 Å². The first-order valence-electron chi connectivity index (χ1n) is 6.19. The SMILES string of the molecule is COc1ccc(CNC(=O)C(C)NC(C)C)cc1. The van der Waals surface area contributed by atoms with Crippen LogP contribution in [0.25, 0.3) is 0 Å². The lowest BCUT2D eigenvalue weighted by atomic mass is 10.2. The molecule has 1 aromatic rings. The van der Waals surface area contributed by atoms with Crippen LogP contribution in [0.5, 0.6) is 5.75 Å². The molecule has 0 bridgehead atoms. The summed E-state index contributed by atoms with van der Waals surface area (Å²) in [6, 6.07) is 7.78. The second-order valence-corrected chi connectivity index (χ2v) is 4.61. The minimum absolute atomic E-state index is 0.0134. The summed E-state index contributed by atoms with van der Waals surface area (Å²) >= 11 is 0. The van der Waals surface area contributed by atoms with Crippen molar-refractivity contribution in [3.63, 3.8) is 0 Å². The van der Waals surface area contributed by atoms with Gasteiger partial charge in [-0.1, -0.05) is 26.0 Å². The second-order valence-electron chi connectivity index (χ2n) is 4.61. The van der Waals surface area contributed by atoms with Crippen LogP contribution >= 0.6 is 0 Å². The Hall–Kier alpha value is -1.55. The predicted molar refractivity (Wildman–Crippen MR) is 72.6 cm³/mol. The highest BCUT2D eigenvalue weighted by Gasteiger charge is 2.12. The first-order chi connectivity index (χ1) is 8.52. The maximum Gasteiger partial charge on any atom is 0.237 e. The van der Waals surface area contributed by atoms with Crippen molar-refractivity contribution < 1.29 is 9.53 Å². The van der Waals surface area contributed by atoms with Gasteiger partial charge in [-0.25, -0.2) is 0 Å². The molecule has 100 valence electrons. The van der Waals surface area contributed by atoms with E-state index in [2.05, 4.69) is 10.6 Å². The summed E-state index contributed by atoms with van der Waals surface area (Å²) in [5.74, 6) is 0.833. The van der Waals surface area contributed by atoms with E-state index in [0.29, 0.717) is 12.6 Å². The summed E-state index contributed by atoms with van der Waals surface area (Å²) in [7, 11) is 1.63. The van der Waals surface area contributed by atoms with Crippen LogP contribution < -0.4 is 15.4 Å². The van der Waals surface area contributed by atoms with Crippen LogP contribution in [0.15, 0.2) is 24.3 Å². The topological polar surface area (TPSA) is 50.4 Å². The number of rotatable bonds is 6. The van der Waals surface area contributed by atoms with E-state index in [-0.39, 0.29) is 11.9 Å². The van der Waals surface area contributed by atoms with Crippen LogP contribution in [0, 0.1) is 0 Å². The molecule has 1 aromatic carbocycles. The first kappa shape index (κ1) is 14.5. The maximum atomic E-state index is 11.8. The van der Waals surface area contributed by atoms with Gasteiger partial charge in [0.1, 0.15) is 5.75 Å². The van der Waals surface area contributed by atoms with Gasteiger partial charge in [0.15, 0.2) is 0 Å². The third-order valence-corrected chi connectivity index (χ3v) is 2.60. The summed E-state index contributed by atoms with van der Waals surface area (Å²) in [4.78, 5) is 11.8. The zero-order valence-corrected chi connectivity index (χ0v) is 11.5. The molecule has 0 aliphatic heterocycles. The van der Waals surface area contributed by atoms with Crippen LogP contribution in [0.1, 0.15) is 26.3 Å². The molecule has 0 saturated carbocycles. The minimum Gasteiger partial charge on any atom is -0.497 e. The van der Waals surface area contributed by atoms with Gasteiger partial charge in [-0.05, 0) is 24.6 Å².